The van der Waals surface area contributed by atoms with Gasteiger partial charge in [0.25, 0.3) is 0 Å². The Morgan fingerprint density at radius 2 is 2.33 bits per heavy atom. The highest BCUT2D eigenvalue weighted by Crippen LogP contribution is 2.50. The van der Waals surface area contributed by atoms with Gasteiger partial charge in [0, 0.05) is 6.04 Å². The number of fused-ring (bicyclic) bond motifs is 2. The summed E-state index contributed by atoms with van der Waals surface area (Å²) in [5.41, 5.74) is 1.55. The van der Waals surface area contributed by atoms with Crippen LogP contribution in [0.25, 0.3) is 0 Å². The molecular formula is C16H27NO. The van der Waals surface area contributed by atoms with E-state index in [-0.39, 0.29) is 0 Å². The van der Waals surface area contributed by atoms with Crippen molar-refractivity contribution < 1.29 is 4.74 Å². The molecule has 3 aliphatic rings. The summed E-state index contributed by atoms with van der Waals surface area (Å²) < 4.78 is 5.58. The average Bonchev–Trinajstić information content (AvgIpc) is 3.03. The lowest BCUT2D eigenvalue weighted by molar-refractivity contribution is 0.202. The first-order valence-corrected chi connectivity index (χ1v) is 7.92. The molecule has 2 heteroatoms. The second kappa shape index (κ2) is 5.64. The fraction of sp³-hybridized carbons (Fsp3) is 0.875. The Morgan fingerprint density at radius 3 is 2.94 bits per heavy atom. The van der Waals surface area contributed by atoms with Crippen LogP contribution in [0.1, 0.15) is 51.9 Å². The lowest BCUT2D eigenvalue weighted by atomic mass is 9.79. The summed E-state index contributed by atoms with van der Waals surface area (Å²) in [4.78, 5) is 0. The van der Waals surface area contributed by atoms with Crippen LogP contribution in [-0.4, -0.2) is 19.2 Å². The maximum Gasteiger partial charge on any atom is 0.0876 e. The highest BCUT2D eigenvalue weighted by atomic mass is 16.5. The Labute approximate surface area is 111 Å². The predicted octanol–water partition coefficient (Wildman–Crippen LogP) is 3.49. The van der Waals surface area contributed by atoms with Gasteiger partial charge in [0.2, 0.25) is 0 Å². The summed E-state index contributed by atoms with van der Waals surface area (Å²) in [6.45, 7) is 4.33. The van der Waals surface area contributed by atoms with Crippen molar-refractivity contribution in [2.75, 3.05) is 13.2 Å². The summed E-state index contributed by atoms with van der Waals surface area (Å²) in [5.74, 6) is 2.92. The number of rotatable bonds is 5. The van der Waals surface area contributed by atoms with Crippen LogP contribution in [0, 0.1) is 17.8 Å². The van der Waals surface area contributed by atoms with E-state index in [2.05, 4.69) is 18.5 Å². The van der Waals surface area contributed by atoms with Crippen LogP contribution in [0.2, 0.25) is 0 Å². The van der Waals surface area contributed by atoms with E-state index in [0.717, 1.165) is 30.9 Å². The molecule has 2 bridgehead atoms. The zero-order valence-corrected chi connectivity index (χ0v) is 11.7. The maximum absolute atomic E-state index is 5.58. The number of ether oxygens (including phenoxy) is 1. The number of hydrogen-bond acceptors (Lipinski definition) is 2. The van der Waals surface area contributed by atoms with Crippen molar-refractivity contribution in [2.24, 2.45) is 17.8 Å². The van der Waals surface area contributed by atoms with Crippen molar-refractivity contribution >= 4 is 0 Å². The molecule has 2 saturated carbocycles. The molecule has 2 aliphatic carbocycles. The van der Waals surface area contributed by atoms with Crippen LogP contribution < -0.4 is 5.32 Å². The highest BCUT2D eigenvalue weighted by Gasteiger charge is 2.43. The standard InChI is InChI=1S/C16H27NO/c1-2-7-17-16(14-4-3-8-18-11-14)15-10-12-5-6-13(15)9-12/h11-13,15-17H,2-10H2,1H3. The third-order valence-electron chi connectivity index (χ3n) is 5.20. The van der Waals surface area contributed by atoms with Crippen LogP contribution in [-0.2, 0) is 4.74 Å². The molecule has 1 heterocycles. The van der Waals surface area contributed by atoms with E-state index in [1.165, 1.54) is 44.9 Å². The number of hydrogen-bond donors (Lipinski definition) is 1. The predicted molar refractivity (Wildman–Crippen MR) is 74.3 cm³/mol. The molecule has 0 aromatic carbocycles. The first-order chi connectivity index (χ1) is 8.88. The third kappa shape index (κ3) is 2.45. The lowest BCUT2D eigenvalue weighted by Crippen LogP contribution is -2.41. The van der Waals surface area contributed by atoms with Gasteiger partial charge in [-0.2, -0.15) is 0 Å². The molecule has 0 aromatic rings. The van der Waals surface area contributed by atoms with Crippen molar-refractivity contribution in [3.63, 3.8) is 0 Å². The van der Waals surface area contributed by atoms with Crippen molar-refractivity contribution in [3.05, 3.63) is 11.8 Å². The Hall–Kier alpha value is -0.500. The van der Waals surface area contributed by atoms with Gasteiger partial charge in [0.1, 0.15) is 0 Å². The van der Waals surface area contributed by atoms with Crippen LogP contribution in [0.5, 0.6) is 0 Å². The van der Waals surface area contributed by atoms with Gasteiger partial charge in [0.15, 0.2) is 0 Å². The first kappa shape index (κ1) is 12.5. The zero-order chi connectivity index (χ0) is 12.4. The molecule has 4 unspecified atom stereocenters. The average molecular weight is 249 g/mol. The highest BCUT2D eigenvalue weighted by molar-refractivity contribution is 5.15. The molecule has 0 saturated heterocycles. The minimum Gasteiger partial charge on any atom is -0.501 e. The summed E-state index contributed by atoms with van der Waals surface area (Å²) in [5, 5.41) is 3.82. The van der Waals surface area contributed by atoms with E-state index in [0.29, 0.717) is 6.04 Å². The molecule has 3 rings (SSSR count). The lowest BCUT2D eigenvalue weighted by Gasteiger charge is -2.34. The Kier molecular flexibility index (Phi) is 3.93. The number of nitrogens with one attached hydrogen (secondary N) is 1. The SMILES string of the molecule is CCCNC(C1=COCCC1)C1CC2CCC1C2. The largest absolute Gasteiger partial charge is 0.501 e. The summed E-state index contributed by atoms with van der Waals surface area (Å²) in [6, 6.07) is 0.612. The molecular weight excluding hydrogens is 222 g/mol. The van der Waals surface area contributed by atoms with E-state index in [4.69, 9.17) is 4.74 Å². The molecule has 18 heavy (non-hydrogen) atoms. The van der Waals surface area contributed by atoms with Gasteiger partial charge in [-0.25, -0.2) is 0 Å². The molecule has 1 N–H and O–H groups in total. The topological polar surface area (TPSA) is 21.3 Å². The fourth-order valence-corrected chi connectivity index (χ4v) is 4.37. The quantitative estimate of drug-likeness (QED) is 0.805. The van der Waals surface area contributed by atoms with E-state index >= 15 is 0 Å². The minimum absolute atomic E-state index is 0.612. The molecule has 0 radical (unpaired) electrons. The first-order valence-electron chi connectivity index (χ1n) is 7.92. The molecule has 4 atom stereocenters. The van der Waals surface area contributed by atoms with Crippen molar-refractivity contribution in [3.8, 4) is 0 Å². The van der Waals surface area contributed by atoms with Crippen LogP contribution in [0.4, 0.5) is 0 Å². The molecule has 0 spiro atoms. The van der Waals surface area contributed by atoms with E-state index in [1.54, 1.807) is 5.57 Å². The fourth-order valence-electron chi connectivity index (χ4n) is 4.37. The second-order valence-electron chi connectivity index (χ2n) is 6.44. The van der Waals surface area contributed by atoms with E-state index in [9.17, 15) is 0 Å². The Morgan fingerprint density at radius 1 is 1.39 bits per heavy atom. The van der Waals surface area contributed by atoms with E-state index in [1.807, 2.05) is 0 Å². The van der Waals surface area contributed by atoms with Gasteiger partial charge >= 0.3 is 0 Å². The normalized spacial score (nSPS) is 36.3. The molecule has 0 aromatic heterocycles. The molecule has 2 fully saturated rings. The molecule has 0 amide bonds. The van der Waals surface area contributed by atoms with Crippen LogP contribution >= 0.6 is 0 Å². The van der Waals surface area contributed by atoms with Gasteiger partial charge in [-0.05, 0) is 68.4 Å². The molecule has 1 aliphatic heterocycles. The van der Waals surface area contributed by atoms with Gasteiger partial charge in [-0.1, -0.05) is 13.3 Å². The Balaban J connectivity index is 1.70. The van der Waals surface area contributed by atoms with Gasteiger partial charge in [0.05, 0.1) is 12.9 Å². The second-order valence-corrected chi connectivity index (χ2v) is 6.44. The van der Waals surface area contributed by atoms with E-state index < -0.39 is 0 Å². The summed E-state index contributed by atoms with van der Waals surface area (Å²) in [7, 11) is 0. The maximum atomic E-state index is 5.58. The smallest absolute Gasteiger partial charge is 0.0876 e. The van der Waals surface area contributed by atoms with Crippen molar-refractivity contribution in [1.82, 2.24) is 5.32 Å². The van der Waals surface area contributed by atoms with Crippen LogP contribution in [0.15, 0.2) is 11.8 Å². The molecule has 102 valence electrons. The monoisotopic (exact) mass is 249 g/mol. The summed E-state index contributed by atoms with van der Waals surface area (Å²) in [6.07, 6.45) is 11.7. The van der Waals surface area contributed by atoms with Crippen molar-refractivity contribution in [1.29, 1.82) is 0 Å². The van der Waals surface area contributed by atoms with Gasteiger partial charge < -0.3 is 10.1 Å². The summed E-state index contributed by atoms with van der Waals surface area (Å²) >= 11 is 0. The molecule has 2 nitrogen and oxygen atoms in total. The van der Waals surface area contributed by atoms with Gasteiger partial charge in [-0.15, -0.1) is 0 Å². The minimum atomic E-state index is 0.612. The third-order valence-corrected chi connectivity index (χ3v) is 5.20. The zero-order valence-electron chi connectivity index (χ0n) is 11.7. The Bertz CT molecular complexity index is 312. The van der Waals surface area contributed by atoms with Gasteiger partial charge in [-0.3, -0.25) is 0 Å². The van der Waals surface area contributed by atoms with Crippen molar-refractivity contribution in [2.45, 2.75) is 57.9 Å². The van der Waals surface area contributed by atoms with Crippen LogP contribution in [0.3, 0.4) is 0 Å².